The summed E-state index contributed by atoms with van der Waals surface area (Å²) in [6.07, 6.45) is 0.444. The molecule has 2 aromatic rings. The van der Waals surface area contributed by atoms with Crippen molar-refractivity contribution in [2.45, 2.75) is 12.5 Å². The Morgan fingerprint density at radius 3 is 2.76 bits per heavy atom. The molecule has 0 bridgehead atoms. The van der Waals surface area contributed by atoms with Crippen molar-refractivity contribution >= 4 is 38.9 Å². The van der Waals surface area contributed by atoms with E-state index in [0.29, 0.717) is 17.0 Å². The van der Waals surface area contributed by atoms with Crippen LogP contribution in [-0.4, -0.2) is 0 Å². The molecule has 0 spiro atoms. The Kier molecular flexibility index (Phi) is 4.20. The van der Waals surface area contributed by atoms with Crippen molar-refractivity contribution in [3.05, 3.63) is 55.4 Å². The molecule has 2 rings (SSSR count). The standard InChI is InChI=1S/C12H10BrClFNS/c13-8-2-1-7(10(15)6-8)5-11(16)12-9(14)3-4-17-12/h1-4,6,11H,5,16H2. The quantitative estimate of drug-likeness (QED) is 0.876. The molecule has 17 heavy (non-hydrogen) atoms. The van der Waals surface area contributed by atoms with E-state index in [4.69, 9.17) is 17.3 Å². The van der Waals surface area contributed by atoms with Gasteiger partial charge in [0.2, 0.25) is 0 Å². The van der Waals surface area contributed by atoms with Crippen molar-refractivity contribution in [2.24, 2.45) is 5.73 Å². The lowest BCUT2D eigenvalue weighted by atomic mass is 10.0. The molecule has 1 nitrogen and oxygen atoms in total. The second kappa shape index (κ2) is 5.48. The highest BCUT2D eigenvalue weighted by Crippen LogP contribution is 2.30. The van der Waals surface area contributed by atoms with Gasteiger partial charge >= 0.3 is 0 Å². The molecule has 1 unspecified atom stereocenters. The van der Waals surface area contributed by atoms with Crippen LogP contribution in [0.1, 0.15) is 16.5 Å². The van der Waals surface area contributed by atoms with Gasteiger partial charge in [-0.05, 0) is 35.6 Å². The summed E-state index contributed by atoms with van der Waals surface area (Å²) in [5, 5.41) is 2.54. The summed E-state index contributed by atoms with van der Waals surface area (Å²) in [5.41, 5.74) is 6.63. The number of nitrogens with two attached hydrogens (primary N) is 1. The van der Waals surface area contributed by atoms with Gasteiger partial charge in [-0.3, -0.25) is 0 Å². The second-order valence-electron chi connectivity index (χ2n) is 3.68. The molecule has 0 saturated heterocycles. The number of halogens is 3. The number of thiophene rings is 1. The summed E-state index contributed by atoms with van der Waals surface area (Å²) in [5.74, 6) is -0.248. The Bertz CT molecular complexity index is 529. The van der Waals surface area contributed by atoms with Crippen molar-refractivity contribution in [1.29, 1.82) is 0 Å². The summed E-state index contributed by atoms with van der Waals surface area (Å²) >= 11 is 10.7. The van der Waals surface area contributed by atoms with E-state index in [-0.39, 0.29) is 11.9 Å². The third kappa shape index (κ3) is 3.07. The van der Waals surface area contributed by atoms with Gasteiger partial charge in [0.05, 0.1) is 5.02 Å². The van der Waals surface area contributed by atoms with Crippen molar-refractivity contribution in [3.63, 3.8) is 0 Å². The first kappa shape index (κ1) is 13.0. The molecular formula is C12H10BrClFNS. The van der Waals surface area contributed by atoms with E-state index in [1.54, 1.807) is 18.2 Å². The number of rotatable bonds is 3. The molecule has 0 saturated carbocycles. The van der Waals surface area contributed by atoms with Crippen LogP contribution in [0.3, 0.4) is 0 Å². The highest BCUT2D eigenvalue weighted by molar-refractivity contribution is 9.10. The second-order valence-corrected chi connectivity index (χ2v) is 5.95. The molecule has 2 N–H and O–H groups in total. The zero-order chi connectivity index (χ0) is 12.4. The van der Waals surface area contributed by atoms with Gasteiger partial charge < -0.3 is 5.73 Å². The zero-order valence-electron chi connectivity index (χ0n) is 8.79. The summed E-state index contributed by atoms with van der Waals surface area (Å²) in [7, 11) is 0. The first-order valence-corrected chi connectivity index (χ1v) is 7.05. The minimum Gasteiger partial charge on any atom is -0.323 e. The lowest BCUT2D eigenvalue weighted by Crippen LogP contribution is -2.13. The van der Waals surface area contributed by atoms with E-state index < -0.39 is 0 Å². The minimum atomic E-state index is -0.266. The molecule has 0 radical (unpaired) electrons. The predicted molar refractivity (Wildman–Crippen MR) is 74.1 cm³/mol. The lowest BCUT2D eigenvalue weighted by molar-refractivity contribution is 0.594. The normalized spacial score (nSPS) is 12.7. The highest BCUT2D eigenvalue weighted by Gasteiger charge is 2.14. The van der Waals surface area contributed by atoms with Crippen LogP contribution in [0.4, 0.5) is 4.39 Å². The SMILES string of the molecule is NC(Cc1ccc(Br)cc1F)c1sccc1Cl. The van der Waals surface area contributed by atoms with Crippen LogP contribution < -0.4 is 5.73 Å². The maximum Gasteiger partial charge on any atom is 0.127 e. The van der Waals surface area contributed by atoms with Crippen LogP contribution >= 0.6 is 38.9 Å². The Labute approximate surface area is 117 Å². The Morgan fingerprint density at radius 2 is 2.18 bits per heavy atom. The van der Waals surface area contributed by atoms with Crippen molar-refractivity contribution in [2.75, 3.05) is 0 Å². The van der Waals surface area contributed by atoms with Crippen molar-refractivity contribution in [3.8, 4) is 0 Å². The summed E-state index contributed by atoms with van der Waals surface area (Å²) in [6, 6.07) is 6.53. The minimum absolute atomic E-state index is 0.248. The van der Waals surface area contributed by atoms with Gasteiger partial charge in [0.1, 0.15) is 5.82 Å². The van der Waals surface area contributed by atoms with Crippen LogP contribution in [0.2, 0.25) is 5.02 Å². The molecular weight excluding hydrogens is 325 g/mol. The van der Waals surface area contributed by atoms with Crippen LogP contribution in [0.15, 0.2) is 34.1 Å². The highest BCUT2D eigenvalue weighted by atomic mass is 79.9. The largest absolute Gasteiger partial charge is 0.323 e. The first-order valence-electron chi connectivity index (χ1n) is 5.00. The third-order valence-electron chi connectivity index (χ3n) is 2.44. The van der Waals surface area contributed by atoms with Crippen molar-refractivity contribution in [1.82, 2.24) is 0 Å². The molecule has 0 amide bonds. The van der Waals surface area contributed by atoms with Crippen LogP contribution in [-0.2, 0) is 6.42 Å². The zero-order valence-corrected chi connectivity index (χ0v) is 11.9. The average molecular weight is 335 g/mol. The molecule has 0 aliphatic rings. The lowest BCUT2D eigenvalue weighted by Gasteiger charge is -2.11. The van der Waals surface area contributed by atoms with Gasteiger partial charge in [-0.25, -0.2) is 4.39 Å². The number of benzene rings is 1. The Hall–Kier alpha value is -0.420. The molecule has 1 atom stereocenters. The molecule has 1 aromatic heterocycles. The maximum absolute atomic E-state index is 13.6. The van der Waals surface area contributed by atoms with Gasteiger partial charge in [0.15, 0.2) is 0 Å². The van der Waals surface area contributed by atoms with Gasteiger partial charge in [-0.2, -0.15) is 0 Å². The molecule has 1 aromatic carbocycles. The fourth-order valence-electron chi connectivity index (χ4n) is 1.59. The third-order valence-corrected chi connectivity index (χ3v) is 4.42. The van der Waals surface area contributed by atoms with Crippen LogP contribution in [0, 0.1) is 5.82 Å². The smallest absolute Gasteiger partial charge is 0.127 e. The Morgan fingerprint density at radius 1 is 1.41 bits per heavy atom. The molecule has 90 valence electrons. The van der Waals surface area contributed by atoms with Crippen LogP contribution in [0.25, 0.3) is 0 Å². The van der Waals surface area contributed by atoms with Crippen LogP contribution in [0.5, 0.6) is 0 Å². The molecule has 0 aliphatic carbocycles. The molecule has 1 heterocycles. The monoisotopic (exact) mass is 333 g/mol. The van der Waals surface area contributed by atoms with E-state index >= 15 is 0 Å². The van der Waals surface area contributed by atoms with E-state index in [1.807, 2.05) is 5.38 Å². The van der Waals surface area contributed by atoms with E-state index in [2.05, 4.69) is 15.9 Å². The fourth-order valence-corrected chi connectivity index (χ4v) is 3.12. The van der Waals surface area contributed by atoms with Crippen molar-refractivity contribution < 1.29 is 4.39 Å². The van der Waals surface area contributed by atoms with Gasteiger partial charge in [0, 0.05) is 15.4 Å². The molecule has 0 fully saturated rings. The maximum atomic E-state index is 13.6. The van der Waals surface area contributed by atoms with Gasteiger partial charge in [0.25, 0.3) is 0 Å². The fraction of sp³-hybridized carbons (Fsp3) is 0.167. The number of hydrogen-bond acceptors (Lipinski definition) is 2. The Balaban J connectivity index is 2.19. The number of hydrogen-bond donors (Lipinski definition) is 1. The summed E-state index contributed by atoms with van der Waals surface area (Å²) in [6.45, 7) is 0. The molecule has 5 heteroatoms. The summed E-state index contributed by atoms with van der Waals surface area (Å²) in [4.78, 5) is 0.897. The van der Waals surface area contributed by atoms with Gasteiger partial charge in [-0.15, -0.1) is 11.3 Å². The van der Waals surface area contributed by atoms with E-state index in [1.165, 1.54) is 17.4 Å². The average Bonchev–Trinajstić information content (AvgIpc) is 2.68. The first-order chi connectivity index (χ1) is 8.08. The predicted octanol–water partition coefficient (Wildman–Crippen LogP) is 4.55. The summed E-state index contributed by atoms with van der Waals surface area (Å²) < 4.78 is 14.4. The molecule has 0 aliphatic heterocycles. The topological polar surface area (TPSA) is 26.0 Å². The van der Waals surface area contributed by atoms with E-state index in [0.717, 1.165) is 9.35 Å². The van der Waals surface area contributed by atoms with Gasteiger partial charge in [-0.1, -0.05) is 33.6 Å². The van der Waals surface area contributed by atoms with E-state index in [9.17, 15) is 4.39 Å².